The third-order valence-corrected chi connectivity index (χ3v) is 5.27. The Morgan fingerprint density at radius 1 is 0.400 bits per heavy atom. The minimum atomic E-state index is -1.24. The molecule has 0 fully saturated rings. The summed E-state index contributed by atoms with van der Waals surface area (Å²) in [5.41, 5.74) is -1.18. The number of carbonyl (C=O) groups is 8. The highest BCUT2D eigenvalue weighted by molar-refractivity contribution is 5.82. The molecule has 0 radical (unpaired) electrons. The maximum Gasteiger partial charge on any atom is 0.322 e. The molecule has 0 saturated carbocycles. The lowest BCUT2D eigenvalue weighted by Crippen LogP contribution is -2.43. The Hall–Kier alpha value is -4.40. The number of nitrogens with one attached hydrogen (secondary N) is 4. The Morgan fingerprint density at radius 3 is 0.778 bits per heavy atom. The predicted molar refractivity (Wildman–Crippen MR) is 147 cm³/mol. The first kappa shape index (κ1) is 40.6. The molecule has 0 heterocycles. The zero-order valence-electron chi connectivity index (χ0n) is 24.5. The lowest BCUT2D eigenvalue weighted by Gasteiger charge is -2.33. The molecule has 0 aliphatic carbocycles. The SMILES string of the molecule is O=C(O)CNC(=O)CCOCC(COCCC(=O)NCC(=O)O)(COCCC(=O)NCC(=O)O)COCCC(=O)NCC(=O)O. The molecule has 8 N–H and O–H groups in total. The van der Waals surface area contributed by atoms with E-state index in [1.807, 2.05) is 0 Å². The van der Waals surface area contributed by atoms with Crippen LogP contribution in [0, 0.1) is 5.41 Å². The fraction of sp³-hybridized carbons (Fsp3) is 0.680. The van der Waals surface area contributed by atoms with E-state index in [1.54, 1.807) is 0 Å². The van der Waals surface area contributed by atoms with Crippen LogP contribution in [0.3, 0.4) is 0 Å². The van der Waals surface area contributed by atoms with E-state index >= 15 is 0 Å². The summed E-state index contributed by atoms with van der Waals surface area (Å²) in [5, 5.41) is 43.4. The molecule has 0 aliphatic heterocycles. The van der Waals surface area contributed by atoms with E-state index in [2.05, 4.69) is 21.3 Å². The van der Waals surface area contributed by atoms with Crippen LogP contribution in [-0.2, 0) is 57.3 Å². The fourth-order valence-electron chi connectivity index (χ4n) is 3.11. The van der Waals surface area contributed by atoms with Gasteiger partial charge < -0.3 is 60.6 Å². The van der Waals surface area contributed by atoms with Gasteiger partial charge in [-0.1, -0.05) is 0 Å². The van der Waals surface area contributed by atoms with Crippen LogP contribution in [-0.4, -0.2) is 147 Å². The predicted octanol–water partition coefficient (Wildman–Crippen LogP) is -3.60. The van der Waals surface area contributed by atoms with Crippen LogP contribution in [0.2, 0.25) is 0 Å². The maximum absolute atomic E-state index is 11.8. The van der Waals surface area contributed by atoms with Crippen LogP contribution in [0.4, 0.5) is 0 Å². The lowest BCUT2D eigenvalue weighted by molar-refractivity contribution is -0.139. The van der Waals surface area contributed by atoms with Gasteiger partial charge in [-0.05, 0) is 0 Å². The second-order valence-corrected chi connectivity index (χ2v) is 9.39. The highest BCUT2D eigenvalue weighted by Crippen LogP contribution is 2.21. The molecule has 0 aromatic rings. The van der Waals surface area contributed by atoms with Crippen molar-refractivity contribution in [2.24, 2.45) is 5.41 Å². The molecule has 0 aliphatic rings. The summed E-state index contributed by atoms with van der Waals surface area (Å²) < 4.78 is 22.5. The number of hydrogen-bond acceptors (Lipinski definition) is 12. The number of amides is 4. The van der Waals surface area contributed by atoms with Gasteiger partial charge in [-0.25, -0.2) is 0 Å². The summed E-state index contributed by atoms with van der Waals surface area (Å²) >= 11 is 0. The smallest absolute Gasteiger partial charge is 0.322 e. The molecule has 45 heavy (non-hydrogen) atoms. The summed E-state index contributed by atoms with van der Waals surface area (Å²) in [6.45, 7) is -3.78. The van der Waals surface area contributed by atoms with Gasteiger partial charge in [-0.3, -0.25) is 38.4 Å². The molecule has 4 amide bonds. The highest BCUT2D eigenvalue weighted by atomic mass is 16.5. The van der Waals surface area contributed by atoms with E-state index in [1.165, 1.54) is 0 Å². The third-order valence-electron chi connectivity index (χ3n) is 5.27. The third kappa shape index (κ3) is 24.7. The maximum atomic E-state index is 11.8. The van der Waals surface area contributed by atoms with Crippen molar-refractivity contribution >= 4 is 47.5 Å². The topological polar surface area (TPSA) is 303 Å². The molecule has 0 aromatic carbocycles. The minimum absolute atomic E-state index is 0.167. The number of carbonyl (C=O) groups excluding carboxylic acids is 4. The van der Waals surface area contributed by atoms with E-state index in [9.17, 15) is 38.4 Å². The van der Waals surface area contributed by atoms with Crippen molar-refractivity contribution in [1.82, 2.24) is 21.3 Å². The van der Waals surface area contributed by atoms with Gasteiger partial charge in [-0.15, -0.1) is 0 Å². The van der Waals surface area contributed by atoms with Crippen LogP contribution < -0.4 is 21.3 Å². The molecule has 0 atom stereocenters. The minimum Gasteiger partial charge on any atom is -0.480 e. The van der Waals surface area contributed by atoms with Crippen molar-refractivity contribution < 1.29 is 77.7 Å². The van der Waals surface area contributed by atoms with Crippen molar-refractivity contribution in [2.45, 2.75) is 25.7 Å². The zero-order chi connectivity index (χ0) is 34.1. The monoisotopic (exact) mass is 652 g/mol. The average molecular weight is 653 g/mol. The standard InChI is InChI=1S/C25H40N4O16/c30-17(26-9-21(34)35)1-5-42-13-25(14-43-6-2-18(31)27-10-22(36)37,15-44-7-3-19(32)28-11-23(38)39)16-45-8-4-20(33)29-12-24(40)41/h1-16H2,(H,26,30)(H,27,31)(H,28,32)(H,29,33)(H,34,35)(H,36,37)(H,38,39)(H,40,41). The van der Waals surface area contributed by atoms with E-state index in [0.29, 0.717) is 0 Å². The normalized spacial score (nSPS) is 10.8. The average Bonchev–Trinajstić information content (AvgIpc) is 2.97. The Kier molecular flexibility index (Phi) is 21.6. The second-order valence-electron chi connectivity index (χ2n) is 9.39. The van der Waals surface area contributed by atoms with Gasteiger partial charge in [0.05, 0.1) is 58.3 Å². The van der Waals surface area contributed by atoms with Crippen molar-refractivity contribution in [3.05, 3.63) is 0 Å². The summed E-state index contributed by atoms with van der Waals surface area (Å²) in [6.07, 6.45) is -0.821. The van der Waals surface area contributed by atoms with Gasteiger partial charge in [0.15, 0.2) is 0 Å². The summed E-state index contributed by atoms with van der Waals surface area (Å²) in [5.74, 6) is -7.34. The number of aliphatic carboxylic acids is 4. The molecule has 0 rings (SSSR count). The van der Waals surface area contributed by atoms with Crippen LogP contribution in [0.15, 0.2) is 0 Å². The van der Waals surface area contributed by atoms with Crippen molar-refractivity contribution in [1.29, 1.82) is 0 Å². The largest absolute Gasteiger partial charge is 0.480 e. The van der Waals surface area contributed by atoms with E-state index in [0.717, 1.165) is 0 Å². The number of rotatable bonds is 28. The molecule has 0 saturated heterocycles. The first-order chi connectivity index (χ1) is 21.2. The number of carboxylic acids is 4. The molecule has 256 valence electrons. The first-order valence-electron chi connectivity index (χ1n) is 13.5. The van der Waals surface area contributed by atoms with Crippen molar-refractivity contribution in [3.8, 4) is 0 Å². The van der Waals surface area contributed by atoms with Crippen LogP contribution >= 0.6 is 0 Å². The van der Waals surface area contributed by atoms with Crippen LogP contribution in [0.5, 0.6) is 0 Å². The second kappa shape index (κ2) is 24.0. The number of hydrogen-bond donors (Lipinski definition) is 8. The summed E-state index contributed by atoms with van der Waals surface area (Å²) in [6, 6.07) is 0. The molecule has 0 spiro atoms. The molecular formula is C25H40N4O16. The highest BCUT2D eigenvalue weighted by Gasteiger charge is 2.33. The molecule has 0 aromatic heterocycles. The van der Waals surface area contributed by atoms with Gasteiger partial charge >= 0.3 is 23.9 Å². The molecule has 20 heteroatoms. The molecular weight excluding hydrogens is 612 g/mol. The Morgan fingerprint density at radius 2 is 0.600 bits per heavy atom. The van der Waals surface area contributed by atoms with Crippen molar-refractivity contribution in [2.75, 3.05) is 79.0 Å². The van der Waals surface area contributed by atoms with E-state index in [4.69, 9.17) is 39.4 Å². The van der Waals surface area contributed by atoms with Crippen molar-refractivity contribution in [3.63, 3.8) is 0 Å². The van der Waals surface area contributed by atoms with E-state index in [-0.39, 0.29) is 78.5 Å². The van der Waals surface area contributed by atoms with Crippen LogP contribution in [0.1, 0.15) is 25.7 Å². The Bertz CT molecular complexity index is 848. The molecule has 0 bridgehead atoms. The van der Waals surface area contributed by atoms with E-state index < -0.39 is 79.1 Å². The summed E-state index contributed by atoms with van der Waals surface area (Å²) in [4.78, 5) is 89.8. The van der Waals surface area contributed by atoms with Gasteiger partial charge in [-0.2, -0.15) is 0 Å². The molecule has 20 nitrogen and oxygen atoms in total. The lowest BCUT2D eigenvalue weighted by atomic mass is 9.92. The van der Waals surface area contributed by atoms with Gasteiger partial charge in [0.2, 0.25) is 23.6 Å². The van der Waals surface area contributed by atoms with Crippen LogP contribution in [0.25, 0.3) is 0 Å². The quantitative estimate of drug-likeness (QED) is 0.0379. The Labute approximate surface area is 257 Å². The summed E-state index contributed by atoms with van der Waals surface area (Å²) in [7, 11) is 0. The van der Waals surface area contributed by atoms with Gasteiger partial charge in [0, 0.05) is 25.7 Å². The molecule has 0 unspecified atom stereocenters. The number of carboxylic acid groups (broad SMARTS) is 4. The zero-order valence-corrected chi connectivity index (χ0v) is 24.5. The first-order valence-corrected chi connectivity index (χ1v) is 13.5. The Balaban J connectivity index is 5.41. The van der Waals surface area contributed by atoms with Gasteiger partial charge in [0.25, 0.3) is 0 Å². The fourth-order valence-corrected chi connectivity index (χ4v) is 3.11. The van der Waals surface area contributed by atoms with Gasteiger partial charge in [0.1, 0.15) is 26.2 Å². The number of ether oxygens (including phenoxy) is 4.